The second kappa shape index (κ2) is 5.11. The largest absolute Gasteiger partial charge is 0.378 e. The van der Waals surface area contributed by atoms with Gasteiger partial charge in [-0.05, 0) is 6.07 Å². The third-order valence-corrected chi connectivity index (χ3v) is 2.88. The second-order valence-electron chi connectivity index (χ2n) is 3.84. The van der Waals surface area contributed by atoms with Crippen LogP contribution in [0.1, 0.15) is 5.56 Å². The van der Waals surface area contributed by atoms with E-state index in [1.165, 1.54) is 6.07 Å². The smallest absolute Gasteiger partial charge is 0.275 e. The van der Waals surface area contributed by atoms with Gasteiger partial charge in [-0.3, -0.25) is 10.1 Å². The fourth-order valence-electron chi connectivity index (χ4n) is 2.04. The first kappa shape index (κ1) is 11.8. The Bertz CT molecular complexity index is 416. The summed E-state index contributed by atoms with van der Waals surface area (Å²) < 4.78 is 5.27. The normalized spacial score (nSPS) is 15.9. The summed E-state index contributed by atoms with van der Waals surface area (Å²) in [7, 11) is 0. The number of nitro benzene ring substituents is 1. The molecular weight excluding hydrogens is 222 g/mol. The predicted octanol–water partition coefficient (Wildman–Crippen LogP) is 0.890. The quantitative estimate of drug-likeness (QED) is 0.623. The van der Waals surface area contributed by atoms with Crippen LogP contribution < -0.4 is 10.6 Å². The van der Waals surface area contributed by atoms with E-state index in [-0.39, 0.29) is 17.2 Å². The minimum atomic E-state index is -0.383. The average molecular weight is 237 g/mol. The van der Waals surface area contributed by atoms with Gasteiger partial charge in [0, 0.05) is 31.4 Å². The van der Waals surface area contributed by atoms with E-state index in [1.54, 1.807) is 6.07 Å². The van der Waals surface area contributed by atoms with Crippen molar-refractivity contribution in [1.29, 1.82) is 0 Å². The van der Waals surface area contributed by atoms with Crippen LogP contribution in [0.4, 0.5) is 11.4 Å². The molecule has 0 saturated carbocycles. The summed E-state index contributed by atoms with van der Waals surface area (Å²) in [5.74, 6) is 0. The molecule has 0 bridgehead atoms. The molecule has 6 nitrogen and oxygen atoms in total. The lowest BCUT2D eigenvalue weighted by atomic mass is 10.1. The van der Waals surface area contributed by atoms with Gasteiger partial charge < -0.3 is 15.4 Å². The van der Waals surface area contributed by atoms with Crippen LogP contribution in [0.25, 0.3) is 0 Å². The summed E-state index contributed by atoms with van der Waals surface area (Å²) in [6.07, 6.45) is 0. The second-order valence-corrected chi connectivity index (χ2v) is 3.84. The molecule has 1 aliphatic rings. The zero-order valence-corrected chi connectivity index (χ0v) is 9.46. The average Bonchev–Trinajstić information content (AvgIpc) is 2.38. The maximum atomic E-state index is 10.9. The molecule has 6 heteroatoms. The van der Waals surface area contributed by atoms with Gasteiger partial charge in [-0.1, -0.05) is 6.07 Å². The minimum absolute atomic E-state index is 0.0940. The molecule has 0 atom stereocenters. The molecule has 0 radical (unpaired) electrons. The number of nitro groups is 1. The number of anilines is 1. The van der Waals surface area contributed by atoms with Crippen molar-refractivity contribution in [3.05, 3.63) is 33.9 Å². The minimum Gasteiger partial charge on any atom is -0.378 e. The lowest BCUT2D eigenvalue weighted by Crippen LogP contribution is -2.37. The zero-order valence-electron chi connectivity index (χ0n) is 9.46. The topological polar surface area (TPSA) is 81.6 Å². The van der Waals surface area contributed by atoms with Crippen LogP contribution >= 0.6 is 0 Å². The maximum absolute atomic E-state index is 10.9. The molecular formula is C11H15N3O3. The summed E-state index contributed by atoms with van der Waals surface area (Å²) in [4.78, 5) is 12.6. The molecule has 0 aliphatic carbocycles. The predicted molar refractivity (Wildman–Crippen MR) is 64.0 cm³/mol. The lowest BCUT2D eigenvalue weighted by Gasteiger charge is -2.30. The van der Waals surface area contributed by atoms with Crippen molar-refractivity contribution in [1.82, 2.24) is 0 Å². The highest BCUT2D eigenvalue weighted by molar-refractivity contribution is 5.62. The Balaban J connectivity index is 2.38. The molecule has 1 aromatic carbocycles. The highest BCUT2D eigenvalue weighted by Gasteiger charge is 2.20. The van der Waals surface area contributed by atoms with Crippen molar-refractivity contribution in [2.24, 2.45) is 5.73 Å². The summed E-state index contributed by atoms with van der Waals surface area (Å²) >= 11 is 0. The van der Waals surface area contributed by atoms with E-state index in [9.17, 15) is 10.1 Å². The molecule has 0 aromatic heterocycles. The van der Waals surface area contributed by atoms with Gasteiger partial charge in [0.1, 0.15) is 0 Å². The van der Waals surface area contributed by atoms with Crippen molar-refractivity contribution >= 4 is 11.4 Å². The number of rotatable bonds is 3. The van der Waals surface area contributed by atoms with Gasteiger partial charge in [0.2, 0.25) is 0 Å². The Hall–Kier alpha value is -1.66. The number of nitrogens with zero attached hydrogens (tertiary/aromatic N) is 2. The standard InChI is InChI=1S/C11H15N3O3/c12-8-9-10(13-4-6-17-7-5-13)2-1-3-11(9)14(15)16/h1-3H,4-8,12H2. The molecule has 0 amide bonds. The molecule has 1 aromatic rings. The first-order valence-electron chi connectivity index (χ1n) is 5.53. The van der Waals surface area contributed by atoms with Gasteiger partial charge in [0.25, 0.3) is 5.69 Å². The van der Waals surface area contributed by atoms with Crippen molar-refractivity contribution in [3.63, 3.8) is 0 Å². The Morgan fingerprint density at radius 1 is 1.41 bits per heavy atom. The first-order chi connectivity index (χ1) is 8.24. The van der Waals surface area contributed by atoms with Crippen LogP contribution in [0.3, 0.4) is 0 Å². The number of hydrogen-bond acceptors (Lipinski definition) is 5. The van der Waals surface area contributed by atoms with Crippen molar-refractivity contribution in [2.75, 3.05) is 31.2 Å². The lowest BCUT2D eigenvalue weighted by molar-refractivity contribution is -0.385. The van der Waals surface area contributed by atoms with Gasteiger partial charge in [-0.2, -0.15) is 0 Å². The molecule has 0 unspecified atom stereocenters. The SMILES string of the molecule is NCc1c(N2CCOCC2)cccc1[N+](=O)[O-]. The van der Waals surface area contributed by atoms with E-state index in [0.717, 1.165) is 18.8 Å². The Labute approximate surface area is 99.1 Å². The third kappa shape index (κ3) is 2.37. The fourth-order valence-corrected chi connectivity index (χ4v) is 2.04. The van der Waals surface area contributed by atoms with Crippen LogP contribution in [0.5, 0.6) is 0 Å². The van der Waals surface area contributed by atoms with Crippen LogP contribution in [0.2, 0.25) is 0 Å². The van der Waals surface area contributed by atoms with Crippen molar-refractivity contribution in [3.8, 4) is 0 Å². The Morgan fingerprint density at radius 3 is 2.71 bits per heavy atom. The van der Waals surface area contributed by atoms with Crippen LogP contribution in [-0.2, 0) is 11.3 Å². The molecule has 1 heterocycles. The molecule has 2 rings (SSSR count). The van der Waals surface area contributed by atoms with Gasteiger partial charge in [-0.25, -0.2) is 0 Å². The van der Waals surface area contributed by atoms with Gasteiger partial charge in [-0.15, -0.1) is 0 Å². The highest BCUT2D eigenvalue weighted by atomic mass is 16.6. The van der Waals surface area contributed by atoms with Gasteiger partial charge in [0.05, 0.1) is 23.7 Å². The first-order valence-corrected chi connectivity index (χ1v) is 5.53. The number of hydrogen-bond donors (Lipinski definition) is 1. The van der Waals surface area contributed by atoms with E-state index < -0.39 is 0 Å². The zero-order chi connectivity index (χ0) is 12.3. The number of nitrogens with two attached hydrogens (primary N) is 1. The van der Waals surface area contributed by atoms with E-state index in [0.29, 0.717) is 18.8 Å². The van der Waals surface area contributed by atoms with E-state index in [2.05, 4.69) is 4.90 Å². The molecule has 2 N–H and O–H groups in total. The van der Waals surface area contributed by atoms with Gasteiger partial charge in [0.15, 0.2) is 0 Å². The summed E-state index contributed by atoms with van der Waals surface area (Å²) in [5.41, 5.74) is 7.18. The maximum Gasteiger partial charge on any atom is 0.275 e. The summed E-state index contributed by atoms with van der Waals surface area (Å²) in [6.45, 7) is 2.95. The van der Waals surface area contributed by atoms with Crippen LogP contribution in [-0.4, -0.2) is 31.2 Å². The molecule has 1 saturated heterocycles. The molecule has 1 fully saturated rings. The molecule has 0 spiro atoms. The number of morpholine rings is 1. The molecule has 1 aliphatic heterocycles. The van der Waals surface area contributed by atoms with E-state index in [4.69, 9.17) is 10.5 Å². The van der Waals surface area contributed by atoms with Crippen LogP contribution in [0.15, 0.2) is 18.2 Å². The number of benzene rings is 1. The Kier molecular flexibility index (Phi) is 3.55. The third-order valence-electron chi connectivity index (χ3n) is 2.88. The Morgan fingerprint density at radius 2 is 2.12 bits per heavy atom. The van der Waals surface area contributed by atoms with E-state index >= 15 is 0 Å². The molecule has 92 valence electrons. The monoisotopic (exact) mass is 237 g/mol. The van der Waals surface area contributed by atoms with E-state index in [1.807, 2.05) is 6.07 Å². The van der Waals surface area contributed by atoms with Crippen LogP contribution in [0, 0.1) is 10.1 Å². The number of ether oxygens (including phenoxy) is 1. The summed E-state index contributed by atoms with van der Waals surface area (Å²) in [5, 5.41) is 10.9. The summed E-state index contributed by atoms with van der Waals surface area (Å²) in [6, 6.07) is 5.06. The highest BCUT2D eigenvalue weighted by Crippen LogP contribution is 2.29. The fraction of sp³-hybridized carbons (Fsp3) is 0.455. The van der Waals surface area contributed by atoms with Crippen molar-refractivity contribution in [2.45, 2.75) is 6.54 Å². The molecule has 17 heavy (non-hydrogen) atoms. The van der Waals surface area contributed by atoms with Crippen molar-refractivity contribution < 1.29 is 9.66 Å². The van der Waals surface area contributed by atoms with Gasteiger partial charge >= 0.3 is 0 Å².